The summed E-state index contributed by atoms with van der Waals surface area (Å²) in [5.41, 5.74) is 0. The predicted octanol–water partition coefficient (Wildman–Crippen LogP) is 10.1. The van der Waals surface area contributed by atoms with Gasteiger partial charge in [-0.05, 0) is 64.2 Å². The number of allylic oxidation sites excluding steroid dienone is 7. The van der Waals surface area contributed by atoms with Gasteiger partial charge in [0.15, 0.2) is 0 Å². The van der Waals surface area contributed by atoms with Crippen LogP contribution in [0.5, 0.6) is 0 Å². The van der Waals surface area contributed by atoms with Gasteiger partial charge in [-0.2, -0.15) is 0 Å². The van der Waals surface area contributed by atoms with Crippen LogP contribution in [0.2, 0.25) is 0 Å². The van der Waals surface area contributed by atoms with E-state index in [2.05, 4.69) is 55.6 Å². The number of unbranched alkanes of at least 4 members (excludes halogenated alkanes) is 17. The lowest BCUT2D eigenvalue weighted by Gasteiger charge is -2.19. The Morgan fingerprint density at radius 2 is 1.02 bits per heavy atom. The van der Waals surface area contributed by atoms with Crippen molar-refractivity contribution in [3.8, 4) is 0 Å². The zero-order valence-corrected chi connectivity index (χ0v) is 27.0. The summed E-state index contributed by atoms with van der Waals surface area (Å²) >= 11 is 0. The van der Waals surface area contributed by atoms with E-state index in [9.17, 15) is 15.0 Å². The molecule has 41 heavy (non-hydrogen) atoms. The second-order valence-electron chi connectivity index (χ2n) is 11.6. The molecule has 3 N–H and O–H groups in total. The van der Waals surface area contributed by atoms with Gasteiger partial charge in [-0.1, -0.05) is 140 Å². The lowest BCUT2D eigenvalue weighted by Crippen LogP contribution is -2.45. The van der Waals surface area contributed by atoms with Crippen molar-refractivity contribution >= 4 is 5.91 Å². The number of carbonyl (C=O) groups excluding carboxylic acids is 1. The molecule has 4 nitrogen and oxygen atoms in total. The molecule has 0 spiro atoms. The molecule has 0 aromatic carbocycles. The van der Waals surface area contributed by atoms with Crippen molar-refractivity contribution in [2.45, 2.75) is 174 Å². The van der Waals surface area contributed by atoms with E-state index in [0.29, 0.717) is 6.42 Å². The minimum Gasteiger partial charge on any atom is -0.394 e. The van der Waals surface area contributed by atoms with Gasteiger partial charge >= 0.3 is 0 Å². The molecule has 0 heterocycles. The summed E-state index contributed by atoms with van der Waals surface area (Å²) in [7, 11) is 0. The minimum atomic E-state index is -0.866. The van der Waals surface area contributed by atoms with E-state index in [0.717, 1.165) is 51.4 Å². The van der Waals surface area contributed by atoms with Crippen LogP contribution >= 0.6 is 0 Å². The molecule has 0 aliphatic heterocycles. The highest BCUT2D eigenvalue weighted by Crippen LogP contribution is 2.11. The van der Waals surface area contributed by atoms with E-state index in [1.807, 2.05) is 6.08 Å². The third-order valence-electron chi connectivity index (χ3n) is 7.53. The Balaban J connectivity index is 3.74. The largest absolute Gasteiger partial charge is 0.394 e. The first-order chi connectivity index (χ1) is 20.2. The molecule has 0 aromatic heterocycles. The highest BCUT2D eigenvalue weighted by Gasteiger charge is 2.17. The number of amides is 1. The Labute approximate surface area is 254 Å². The topological polar surface area (TPSA) is 69.6 Å². The number of carbonyl (C=O) groups is 1. The molecule has 1 amide bonds. The van der Waals surface area contributed by atoms with Crippen LogP contribution in [-0.4, -0.2) is 34.9 Å². The van der Waals surface area contributed by atoms with Crippen LogP contribution in [0.1, 0.15) is 162 Å². The van der Waals surface area contributed by atoms with Crippen LogP contribution in [0, 0.1) is 0 Å². The maximum atomic E-state index is 12.3. The maximum absolute atomic E-state index is 12.3. The standard InChI is InChI=1S/C37H67NO3/c1-3-5-7-9-11-13-15-17-19-21-23-25-27-29-31-33-37(41)38-35(34-39)36(40)32-30-28-26-24-22-20-18-16-14-12-10-8-6-4-2/h11,13,17,19,22,24,30,32,35-36,39-40H,3-10,12,14-16,18,20-21,23,25-29,31,33-34H2,1-2H3,(H,38,41)/b13-11+,19-17+,24-22+,32-30+/t35-,36+/m0/s1. The number of rotatable bonds is 30. The van der Waals surface area contributed by atoms with Gasteiger partial charge in [0.25, 0.3) is 0 Å². The monoisotopic (exact) mass is 574 g/mol. The van der Waals surface area contributed by atoms with E-state index >= 15 is 0 Å². The first kappa shape index (κ1) is 39.4. The smallest absolute Gasteiger partial charge is 0.220 e. The molecule has 0 radical (unpaired) electrons. The first-order valence-electron chi connectivity index (χ1n) is 17.4. The van der Waals surface area contributed by atoms with Crippen molar-refractivity contribution < 1.29 is 15.0 Å². The van der Waals surface area contributed by atoms with Gasteiger partial charge in [0.1, 0.15) is 0 Å². The fraction of sp³-hybridized carbons (Fsp3) is 0.757. The zero-order chi connectivity index (χ0) is 30.1. The van der Waals surface area contributed by atoms with Crippen molar-refractivity contribution in [3.63, 3.8) is 0 Å². The Morgan fingerprint density at radius 3 is 1.61 bits per heavy atom. The summed E-state index contributed by atoms with van der Waals surface area (Å²) in [5.74, 6) is -0.0916. The fourth-order valence-electron chi connectivity index (χ4n) is 4.81. The summed E-state index contributed by atoms with van der Waals surface area (Å²) in [4.78, 5) is 12.3. The van der Waals surface area contributed by atoms with Crippen molar-refractivity contribution in [2.24, 2.45) is 0 Å². The summed E-state index contributed by atoms with van der Waals surface area (Å²) < 4.78 is 0. The third kappa shape index (κ3) is 29.6. The molecule has 4 heteroatoms. The molecule has 2 atom stereocenters. The highest BCUT2D eigenvalue weighted by molar-refractivity contribution is 5.76. The quantitative estimate of drug-likeness (QED) is 0.0591. The Hall–Kier alpha value is -1.65. The molecular weight excluding hydrogens is 506 g/mol. The van der Waals surface area contributed by atoms with Crippen molar-refractivity contribution in [1.82, 2.24) is 5.32 Å². The van der Waals surface area contributed by atoms with Gasteiger partial charge in [0.05, 0.1) is 18.8 Å². The van der Waals surface area contributed by atoms with Gasteiger partial charge in [0.2, 0.25) is 5.91 Å². The van der Waals surface area contributed by atoms with Gasteiger partial charge in [-0.3, -0.25) is 4.79 Å². The molecule has 238 valence electrons. The second-order valence-corrected chi connectivity index (χ2v) is 11.6. The molecule has 0 saturated carbocycles. The molecule has 0 fully saturated rings. The Morgan fingerprint density at radius 1 is 0.585 bits per heavy atom. The fourth-order valence-corrected chi connectivity index (χ4v) is 4.81. The summed E-state index contributed by atoms with van der Waals surface area (Å²) in [6.45, 7) is 4.23. The molecule has 0 aliphatic carbocycles. The number of aliphatic hydroxyl groups is 2. The van der Waals surface area contributed by atoms with Crippen LogP contribution in [-0.2, 0) is 4.79 Å². The van der Waals surface area contributed by atoms with Crippen LogP contribution in [0.4, 0.5) is 0 Å². The zero-order valence-electron chi connectivity index (χ0n) is 27.0. The first-order valence-corrected chi connectivity index (χ1v) is 17.4. The van der Waals surface area contributed by atoms with Gasteiger partial charge in [-0.25, -0.2) is 0 Å². The molecule has 0 bridgehead atoms. The van der Waals surface area contributed by atoms with E-state index < -0.39 is 12.1 Å². The van der Waals surface area contributed by atoms with E-state index in [1.165, 1.54) is 89.9 Å². The third-order valence-corrected chi connectivity index (χ3v) is 7.53. The molecule has 0 aliphatic rings. The predicted molar refractivity (Wildman–Crippen MR) is 179 cm³/mol. The van der Waals surface area contributed by atoms with Crippen LogP contribution < -0.4 is 5.32 Å². The highest BCUT2D eigenvalue weighted by atomic mass is 16.3. The lowest BCUT2D eigenvalue weighted by molar-refractivity contribution is -0.123. The maximum Gasteiger partial charge on any atom is 0.220 e. The molecule has 0 rings (SSSR count). The minimum absolute atomic E-state index is 0.0916. The van der Waals surface area contributed by atoms with E-state index in [4.69, 9.17) is 0 Å². The Kier molecular flexibility index (Phi) is 31.5. The molecule has 0 unspecified atom stereocenters. The number of nitrogens with one attached hydrogen (secondary N) is 1. The Bertz CT molecular complexity index is 667. The van der Waals surface area contributed by atoms with Crippen molar-refractivity contribution in [2.75, 3.05) is 6.61 Å². The summed E-state index contributed by atoms with van der Waals surface area (Å²) in [5, 5.41) is 22.8. The van der Waals surface area contributed by atoms with E-state index in [-0.39, 0.29) is 12.5 Å². The van der Waals surface area contributed by atoms with E-state index in [1.54, 1.807) is 6.08 Å². The van der Waals surface area contributed by atoms with Gasteiger partial charge in [0, 0.05) is 6.42 Å². The molecular formula is C37H67NO3. The van der Waals surface area contributed by atoms with Crippen LogP contribution in [0.25, 0.3) is 0 Å². The van der Waals surface area contributed by atoms with Crippen molar-refractivity contribution in [3.05, 3.63) is 48.6 Å². The van der Waals surface area contributed by atoms with Gasteiger partial charge in [-0.15, -0.1) is 0 Å². The number of hydrogen-bond acceptors (Lipinski definition) is 3. The number of aliphatic hydroxyl groups excluding tert-OH is 2. The number of hydrogen-bond donors (Lipinski definition) is 3. The summed E-state index contributed by atoms with van der Waals surface area (Å²) in [6.07, 6.45) is 43.3. The normalized spacial score (nSPS) is 13.8. The van der Waals surface area contributed by atoms with Gasteiger partial charge < -0.3 is 15.5 Å². The lowest BCUT2D eigenvalue weighted by atomic mass is 10.1. The van der Waals surface area contributed by atoms with Crippen molar-refractivity contribution in [1.29, 1.82) is 0 Å². The molecule has 0 saturated heterocycles. The average molecular weight is 574 g/mol. The summed E-state index contributed by atoms with van der Waals surface area (Å²) in [6, 6.07) is -0.644. The SMILES string of the molecule is CCCCC/C=C/C/C=C/CCCCCCCC(=O)N[C@@H](CO)[C@H](O)/C=C/CC/C=C/CCCCCCCCCC. The van der Waals surface area contributed by atoms with Crippen LogP contribution in [0.3, 0.4) is 0 Å². The molecule has 0 aromatic rings. The van der Waals surface area contributed by atoms with Crippen LogP contribution in [0.15, 0.2) is 48.6 Å². The average Bonchev–Trinajstić information content (AvgIpc) is 2.97. The second kappa shape index (κ2) is 32.9.